The van der Waals surface area contributed by atoms with Gasteiger partial charge >= 0.3 is 0 Å². The molecule has 0 bridgehead atoms. The molecule has 6 nitrogen and oxygen atoms in total. The van der Waals surface area contributed by atoms with Gasteiger partial charge in [-0.05, 0) is 38.0 Å². The Labute approximate surface area is 158 Å². The van der Waals surface area contributed by atoms with Crippen molar-refractivity contribution in [3.63, 3.8) is 0 Å². The Morgan fingerprint density at radius 3 is 2.78 bits per heavy atom. The van der Waals surface area contributed by atoms with Gasteiger partial charge in [-0.15, -0.1) is 0 Å². The van der Waals surface area contributed by atoms with Crippen LogP contribution in [-0.2, 0) is 6.54 Å². The second-order valence-corrected chi connectivity index (χ2v) is 6.69. The predicted molar refractivity (Wildman–Crippen MR) is 103 cm³/mol. The molecule has 1 aromatic carbocycles. The van der Waals surface area contributed by atoms with Crippen LogP contribution >= 0.6 is 0 Å². The second kappa shape index (κ2) is 8.83. The number of rotatable bonds is 6. The van der Waals surface area contributed by atoms with Gasteiger partial charge < -0.3 is 15.5 Å². The minimum atomic E-state index is -0.522. The highest BCUT2D eigenvalue weighted by Gasteiger charge is 2.27. The van der Waals surface area contributed by atoms with E-state index in [9.17, 15) is 8.78 Å². The molecule has 1 fully saturated rings. The summed E-state index contributed by atoms with van der Waals surface area (Å²) >= 11 is 0. The average Bonchev–Trinajstić information content (AvgIpc) is 3.24. The number of halogens is 2. The number of guanidine groups is 1. The first-order chi connectivity index (χ1) is 13.1. The maximum Gasteiger partial charge on any atom is 0.191 e. The molecule has 1 atom stereocenters. The monoisotopic (exact) mass is 376 g/mol. The topological polar surface area (TPSA) is 57.5 Å². The molecule has 1 aliphatic rings. The van der Waals surface area contributed by atoms with Gasteiger partial charge in [-0.1, -0.05) is 6.07 Å². The Bertz CT molecular complexity index is 768. The molecule has 1 aromatic heterocycles. The number of hydrogen-bond donors (Lipinski definition) is 2. The molecule has 3 rings (SSSR count). The summed E-state index contributed by atoms with van der Waals surface area (Å²) in [5.41, 5.74) is 1.17. The van der Waals surface area contributed by atoms with Crippen molar-refractivity contribution in [3.05, 3.63) is 47.8 Å². The van der Waals surface area contributed by atoms with E-state index in [1.54, 1.807) is 4.90 Å². The van der Waals surface area contributed by atoms with Crippen molar-refractivity contribution < 1.29 is 8.78 Å². The summed E-state index contributed by atoms with van der Waals surface area (Å²) in [6, 6.07) is 4.05. The summed E-state index contributed by atoms with van der Waals surface area (Å²) in [4.78, 5) is 6.33. The third-order valence-corrected chi connectivity index (χ3v) is 4.49. The molecule has 2 N–H and O–H groups in total. The van der Waals surface area contributed by atoms with Crippen LogP contribution < -0.4 is 15.5 Å². The normalized spacial score (nSPS) is 17.4. The number of aryl methyl sites for hydroxylation is 1. The highest BCUT2D eigenvalue weighted by Crippen LogP contribution is 2.26. The summed E-state index contributed by atoms with van der Waals surface area (Å²) in [6.07, 6.45) is 4.59. The van der Waals surface area contributed by atoms with Crippen LogP contribution in [0.15, 0.2) is 35.6 Å². The predicted octanol–water partition coefficient (Wildman–Crippen LogP) is 2.30. The number of aromatic nitrogens is 2. The molecule has 0 aliphatic carbocycles. The van der Waals surface area contributed by atoms with Crippen LogP contribution in [0.4, 0.5) is 14.5 Å². The molecule has 0 saturated carbocycles. The Morgan fingerprint density at radius 2 is 2.11 bits per heavy atom. The molecule has 2 heterocycles. The first-order valence-electron chi connectivity index (χ1n) is 9.29. The van der Waals surface area contributed by atoms with Gasteiger partial charge in [0.25, 0.3) is 0 Å². The van der Waals surface area contributed by atoms with Crippen LogP contribution in [0.2, 0.25) is 0 Å². The SMILES string of the molecule is CCNC(=NCCn1cc(C)cn1)NC1CCN(c2c(F)cccc2F)C1. The van der Waals surface area contributed by atoms with Crippen molar-refractivity contribution in [2.75, 3.05) is 31.1 Å². The molecule has 1 aliphatic heterocycles. The number of hydrogen-bond acceptors (Lipinski definition) is 3. The van der Waals surface area contributed by atoms with Crippen LogP contribution in [0, 0.1) is 18.6 Å². The van der Waals surface area contributed by atoms with E-state index in [1.165, 1.54) is 18.2 Å². The molecular formula is C19H26F2N6. The van der Waals surface area contributed by atoms with Gasteiger partial charge in [0.15, 0.2) is 5.96 Å². The number of para-hydroxylation sites is 1. The maximum atomic E-state index is 14.0. The number of nitrogens with one attached hydrogen (secondary N) is 2. The molecule has 1 saturated heterocycles. The van der Waals surface area contributed by atoms with Gasteiger partial charge in [-0.3, -0.25) is 9.67 Å². The van der Waals surface area contributed by atoms with Crippen molar-refractivity contribution in [1.29, 1.82) is 0 Å². The van der Waals surface area contributed by atoms with Crippen molar-refractivity contribution in [3.8, 4) is 0 Å². The lowest BCUT2D eigenvalue weighted by atomic mass is 10.2. The quantitative estimate of drug-likeness (QED) is 0.600. The zero-order valence-corrected chi connectivity index (χ0v) is 15.8. The summed E-state index contributed by atoms with van der Waals surface area (Å²) in [5, 5.41) is 10.8. The minimum Gasteiger partial charge on any atom is -0.365 e. The first kappa shape index (κ1) is 19.1. The van der Waals surface area contributed by atoms with Crippen LogP contribution in [0.3, 0.4) is 0 Å². The lowest BCUT2D eigenvalue weighted by molar-refractivity contribution is 0.575. The summed E-state index contributed by atoms with van der Waals surface area (Å²) in [6.45, 7) is 7.16. The standard InChI is InChI=1S/C19H26F2N6/c1-3-22-19(23-8-10-27-12-14(2)11-24-27)25-15-7-9-26(13-15)18-16(20)5-4-6-17(18)21/h4-6,11-12,15H,3,7-10,13H2,1-2H3,(H2,22,23,25). The molecule has 0 radical (unpaired) electrons. The van der Waals surface area contributed by atoms with Gasteiger partial charge in [0.1, 0.15) is 17.3 Å². The summed E-state index contributed by atoms with van der Waals surface area (Å²) in [5.74, 6) is -0.335. The Morgan fingerprint density at radius 1 is 1.33 bits per heavy atom. The van der Waals surface area contributed by atoms with E-state index in [4.69, 9.17) is 0 Å². The van der Waals surface area contributed by atoms with E-state index in [2.05, 4.69) is 20.7 Å². The summed E-state index contributed by atoms with van der Waals surface area (Å²) in [7, 11) is 0. The fourth-order valence-electron chi connectivity index (χ4n) is 3.24. The molecule has 2 aromatic rings. The number of anilines is 1. The highest BCUT2D eigenvalue weighted by molar-refractivity contribution is 5.80. The number of nitrogens with zero attached hydrogens (tertiary/aromatic N) is 4. The van der Waals surface area contributed by atoms with Gasteiger partial charge in [0, 0.05) is 31.9 Å². The van der Waals surface area contributed by atoms with Crippen molar-refractivity contribution >= 4 is 11.6 Å². The molecule has 0 spiro atoms. The first-order valence-corrected chi connectivity index (χ1v) is 9.29. The van der Waals surface area contributed by atoms with E-state index >= 15 is 0 Å². The Kier molecular flexibility index (Phi) is 6.26. The second-order valence-electron chi connectivity index (χ2n) is 6.69. The average molecular weight is 376 g/mol. The maximum absolute atomic E-state index is 14.0. The molecule has 1 unspecified atom stereocenters. The fourth-order valence-corrected chi connectivity index (χ4v) is 3.24. The number of benzene rings is 1. The van der Waals surface area contributed by atoms with Crippen LogP contribution in [0.5, 0.6) is 0 Å². The van der Waals surface area contributed by atoms with E-state index in [0.717, 1.165) is 18.5 Å². The molecule has 146 valence electrons. The highest BCUT2D eigenvalue weighted by atomic mass is 19.1. The van der Waals surface area contributed by atoms with E-state index in [1.807, 2.05) is 30.9 Å². The third kappa shape index (κ3) is 4.96. The van der Waals surface area contributed by atoms with E-state index in [-0.39, 0.29) is 11.7 Å². The van der Waals surface area contributed by atoms with Gasteiger partial charge in [0.05, 0.1) is 19.3 Å². The zero-order valence-electron chi connectivity index (χ0n) is 15.8. The van der Waals surface area contributed by atoms with Crippen LogP contribution in [0.1, 0.15) is 18.9 Å². The molecule has 8 heteroatoms. The Balaban J connectivity index is 1.57. The summed E-state index contributed by atoms with van der Waals surface area (Å²) < 4.78 is 29.9. The Hall–Kier alpha value is -2.64. The van der Waals surface area contributed by atoms with Crippen LogP contribution in [0.25, 0.3) is 0 Å². The van der Waals surface area contributed by atoms with Gasteiger partial charge in [-0.25, -0.2) is 8.78 Å². The van der Waals surface area contributed by atoms with Gasteiger partial charge in [-0.2, -0.15) is 5.10 Å². The van der Waals surface area contributed by atoms with Gasteiger partial charge in [0.2, 0.25) is 0 Å². The lowest BCUT2D eigenvalue weighted by Gasteiger charge is -2.21. The lowest BCUT2D eigenvalue weighted by Crippen LogP contribution is -2.44. The smallest absolute Gasteiger partial charge is 0.191 e. The van der Waals surface area contributed by atoms with Crippen molar-refractivity contribution in [2.45, 2.75) is 32.9 Å². The van der Waals surface area contributed by atoms with Crippen molar-refractivity contribution in [1.82, 2.24) is 20.4 Å². The minimum absolute atomic E-state index is 0.0535. The molecule has 27 heavy (non-hydrogen) atoms. The fraction of sp³-hybridized carbons (Fsp3) is 0.474. The zero-order chi connectivity index (χ0) is 19.2. The largest absolute Gasteiger partial charge is 0.365 e. The molecule has 0 amide bonds. The molecular weight excluding hydrogens is 350 g/mol. The third-order valence-electron chi connectivity index (χ3n) is 4.49. The van der Waals surface area contributed by atoms with Crippen LogP contribution in [-0.4, -0.2) is 48.0 Å². The van der Waals surface area contributed by atoms with E-state index < -0.39 is 11.6 Å². The number of aliphatic imine (C=N–C) groups is 1. The van der Waals surface area contributed by atoms with Crippen molar-refractivity contribution in [2.24, 2.45) is 4.99 Å². The van der Waals surface area contributed by atoms with E-state index in [0.29, 0.717) is 32.1 Å².